The molecule has 0 aliphatic carbocycles. The van der Waals surface area contributed by atoms with Gasteiger partial charge in [0, 0.05) is 18.6 Å². The highest BCUT2D eigenvalue weighted by Gasteiger charge is 2.20. The second kappa shape index (κ2) is 5.46. The van der Waals surface area contributed by atoms with Gasteiger partial charge in [0.1, 0.15) is 0 Å². The molecule has 90 valence electrons. The van der Waals surface area contributed by atoms with Gasteiger partial charge in [0.05, 0.1) is 0 Å². The summed E-state index contributed by atoms with van der Waals surface area (Å²) in [6, 6.07) is 8.75. The van der Waals surface area contributed by atoms with Gasteiger partial charge in [0.15, 0.2) is 0 Å². The fourth-order valence-corrected chi connectivity index (χ4v) is 1.51. The number of hydrogen-bond acceptors (Lipinski definition) is 2. The molecule has 0 spiro atoms. The summed E-state index contributed by atoms with van der Waals surface area (Å²) in [6.45, 7) is 8.22. The molecular weight excluding hydrogens is 196 g/mol. The summed E-state index contributed by atoms with van der Waals surface area (Å²) in [4.78, 5) is 2.33. The third kappa shape index (κ3) is 3.62. The molecule has 0 bridgehead atoms. The number of likely N-dealkylation sites (N-methyl/N-ethyl adjacent to an activating group) is 1. The van der Waals surface area contributed by atoms with Gasteiger partial charge in [-0.2, -0.15) is 0 Å². The van der Waals surface area contributed by atoms with Crippen molar-refractivity contribution in [2.45, 2.75) is 32.7 Å². The first-order chi connectivity index (χ1) is 7.45. The van der Waals surface area contributed by atoms with Gasteiger partial charge in [-0.25, -0.2) is 0 Å². The van der Waals surface area contributed by atoms with Gasteiger partial charge in [0.2, 0.25) is 0 Å². The lowest BCUT2D eigenvalue weighted by molar-refractivity contribution is 0.166. The maximum Gasteiger partial charge on any atom is 0.0272 e. The highest BCUT2D eigenvalue weighted by atomic mass is 15.2. The Morgan fingerprint density at radius 1 is 1.19 bits per heavy atom. The van der Waals surface area contributed by atoms with E-state index in [2.05, 4.69) is 57.0 Å². The Morgan fingerprint density at radius 2 is 1.75 bits per heavy atom. The monoisotopic (exact) mass is 220 g/mol. The maximum absolute atomic E-state index is 5.75. The quantitative estimate of drug-likeness (QED) is 0.824. The summed E-state index contributed by atoms with van der Waals surface area (Å²) < 4.78 is 0. The molecule has 0 saturated heterocycles. The minimum Gasteiger partial charge on any atom is -0.329 e. The lowest BCUT2D eigenvalue weighted by Crippen LogP contribution is -2.47. The average molecular weight is 220 g/mol. The predicted molar refractivity (Wildman–Crippen MR) is 70.6 cm³/mol. The Kier molecular flexibility index (Phi) is 4.51. The fourth-order valence-electron chi connectivity index (χ4n) is 1.51. The molecule has 2 nitrogen and oxygen atoms in total. The molecule has 0 heterocycles. The molecule has 0 aliphatic heterocycles. The zero-order valence-corrected chi connectivity index (χ0v) is 11.0. The molecule has 0 aliphatic rings. The molecule has 1 rings (SSSR count). The van der Waals surface area contributed by atoms with E-state index < -0.39 is 0 Å². The number of hydrogen-bond donors (Lipinski definition) is 1. The van der Waals surface area contributed by atoms with Gasteiger partial charge in [0.25, 0.3) is 0 Å². The van der Waals surface area contributed by atoms with Crippen molar-refractivity contribution in [1.29, 1.82) is 0 Å². The molecule has 2 N–H and O–H groups in total. The first-order valence-electron chi connectivity index (χ1n) is 5.92. The van der Waals surface area contributed by atoms with E-state index in [4.69, 9.17) is 5.73 Å². The summed E-state index contributed by atoms with van der Waals surface area (Å²) >= 11 is 0. The molecule has 0 radical (unpaired) electrons. The van der Waals surface area contributed by atoms with E-state index in [1.165, 1.54) is 11.1 Å². The third-order valence-corrected chi connectivity index (χ3v) is 3.39. The average Bonchev–Trinajstić information content (AvgIpc) is 2.28. The molecule has 0 aromatic heterocycles. The Morgan fingerprint density at radius 3 is 2.25 bits per heavy atom. The zero-order chi connectivity index (χ0) is 12.2. The molecule has 16 heavy (non-hydrogen) atoms. The van der Waals surface area contributed by atoms with Gasteiger partial charge >= 0.3 is 0 Å². The minimum atomic E-state index is 0.0880. The number of rotatable bonds is 5. The van der Waals surface area contributed by atoms with Crippen LogP contribution < -0.4 is 5.73 Å². The molecule has 1 aromatic carbocycles. The van der Waals surface area contributed by atoms with Crippen molar-refractivity contribution >= 4 is 0 Å². The van der Waals surface area contributed by atoms with Crippen LogP contribution in [0.2, 0.25) is 0 Å². The summed E-state index contributed by atoms with van der Waals surface area (Å²) in [5.41, 5.74) is 8.56. The second-order valence-corrected chi connectivity index (χ2v) is 5.17. The lowest BCUT2D eigenvalue weighted by atomic mass is 10.0. The van der Waals surface area contributed by atoms with Crippen molar-refractivity contribution in [3.63, 3.8) is 0 Å². The van der Waals surface area contributed by atoms with Gasteiger partial charge in [-0.15, -0.1) is 0 Å². The molecule has 0 fully saturated rings. The first-order valence-corrected chi connectivity index (χ1v) is 5.92. The number of nitrogens with two attached hydrogens (primary N) is 1. The molecule has 0 unspecified atom stereocenters. The molecular formula is C14H24N2. The summed E-state index contributed by atoms with van der Waals surface area (Å²) in [5, 5.41) is 0. The van der Waals surface area contributed by atoms with Crippen LogP contribution in [-0.2, 0) is 6.42 Å². The summed E-state index contributed by atoms with van der Waals surface area (Å²) in [6.07, 6.45) is 1.08. The van der Waals surface area contributed by atoms with E-state index in [9.17, 15) is 0 Å². The second-order valence-electron chi connectivity index (χ2n) is 5.17. The zero-order valence-electron chi connectivity index (χ0n) is 11.0. The van der Waals surface area contributed by atoms with Crippen LogP contribution >= 0.6 is 0 Å². The van der Waals surface area contributed by atoms with E-state index in [1.54, 1.807) is 0 Å². The van der Waals surface area contributed by atoms with Crippen LogP contribution in [0.15, 0.2) is 24.3 Å². The topological polar surface area (TPSA) is 29.3 Å². The van der Waals surface area contributed by atoms with E-state index in [1.807, 2.05) is 0 Å². The standard InChI is InChI=1S/C14H24N2/c1-12-5-7-13(8-6-12)9-10-16(4)14(2,3)11-15/h5-8H,9-11,15H2,1-4H3. The molecule has 2 heteroatoms. The summed E-state index contributed by atoms with van der Waals surface area (Å²) in [5.74, 6) is 0. The van der Waals surface area contributed by atoms with Crippen LogP contribution in [0.5, 0.6) is 0 Å². The van der Waals surface area contributed by atoms with Crippen LogP contribution in [0.4, 0.5) is 0 Å². The van der Waals surface area contributed by atoms with Crippen LogP contribution in [0.25, 0.3) is 0 Å². The predicted octanol–water partition coefficient (Wildman–Crippen LogP) is 2.21. The van der Waals surface area contributed by atoms with Crippen molar-refractivity contribution < 1.29 is 0 Å². The van der Waals surface area contributed by atoms with Crippen molar-refractivity contribution in [2.75, 3.05) is 20.1 Å². The summed E-state index contributed by atoms with van der Waals surface area (Å²) in [7, 11) is 2.14. The van der Waals surface area contributed by atoms with Gasteiger partial charge in [-0.1, -0.05) is 29.8 Å². The molecule has 0 saturated carbocycles. The molecule has 1 aromatic rings. The highest BCUT2D eigenvalue weighted by molar-refractivity contribution is 5.21. The minimum absolute atomic E-state index is 0.0880. The van der Waals surface area contributed by atoms with Crippen LogP contribution in [0.1, 0.15) is 25.0 Å². The first kappa shape index (κ1) is 13.2. The van der Waals surface area contributed by atoms with Crippen molar-refractivity contribution in [3.8, 4) is 0 Å². The van der Waals surface area contributed by atoms with Crippen LogP contribution in [-0.4, -0.2) is 30.6 Å². The van der Waals surface area contributed by atoms with E-state index in [-0.39, 0.29) is 5.54 Å². The van der Waals surface area contributed by atoms with E-state index in [0.29, 0.717) is 6.54 Å². The van der Waals surface area contributed by atoms with Crippen LogP contribution in [0, 0.1) is 6.92 Å². The van der Waals surface area contributed by atoms with Gasteiger partial charge < -0.3 is 5.73 Å². The smallest absolute Gasteiger partial charge is 0.0272 e. The largest absolute Gasteiger partial charge is 0.329 e. The third-order valence-electron chi connectivity index (χ3n) is 3.39. The highest BCUT2D eigenvalue weighted by Crippen LogP contribution is 2.11. The van der Waals surface area contributed by atoms with Crippen molar-refractivity contribution in [2.24, 2.45) is 5.73 Å². The Labute approximate surface area is 99.5 Å². The van der Waals surface area contributed by atoms with Gasteiger partial charge in [-0.05, 0) is 39.8 Å². The SMILES string of the molecule is Cc1ccc(CCN(C)C(C)(C)CN)cc1. The van der Waals surface area contributed by atoms with E-state index in [0.717, 1.165) is 13.0 Å². The Hall–Kier alpha value is -0.860. The van der Waals surface area contributed by atoms with Crippen molar-refractivity contribution in [3.05, 3.63) is 35.4 Å². The Balaban J connectivity index is 2.49. The van der Waals surface area contributed by atoms with E-state index >= 15 is 0 Å². The number of benzene rings is 1. The molecule has 0 amide bonds. The number of nitrogens with zero attached hydrogens (tertiary/aromatic N) is 1. The fraction of sp³-hybridized carbons (Fsp3) is 0.571. The maximum atomic E-state index is 5.75. The van der Waals surface area contributed by atoms with Gasteiger partial charge in [-0.3, -0.25) is 4.90 Å². The van der Waals surface area contributed by atoms with Crippen LogP contribution in [0.3, 0.4) is 0 Å². The Bertz CT molecular complexity index is 314. The van der Waals surface area contributed by atoms with Crippen molar-refractivity contribution in [1.82, 2.24) is 4.90 Å². The number of aryl methyl sites for hydroxylation is 1. The lowest BCUT2D eigenvalue weighted by Gasteiger charge is -2.34. The molecule has 0 atom stereocenters. The normalized spacial score (nSPS) is 12.1.